The Balaban J connectivity index is 2.90. The maximum atomic E-state index is 9.71. The van der Waals surface area contributed by atoms with E-state index in [0.717, 1.165) is 0 Å². The molecule has 2 nitrogen and oxygen atoms in total. The summed E-state index contributed by atoms with van der Waals surface area (Å²) in [7, 11) is 0. The first-order valence-electron chi connectivity index (χ1n) is 4.80. The molecule has 0 saturated heterocycles. The number of aliphatic hydroxyl groups excluding tert-OH is 1. The Morgan fingerprint density at radius 3 is 2.60 bits per heavy atom. The Hall–Kier alpha value is -0.440. The van der Waals surface area contributed by atoms with Gasteiger partial charge in [0.25, 0.3) is 0 Å². The molecule has 4 heteroatoms. The first-order chi connectivity index (χ1) is 7.06. The molecule has 0 aliphatic carbocycles. The lowest BCUT2D eigenvalue weighted by Gasteiger charge is -2.14. The molecule has 84 valence electrons. The molecule has 0 saturated carbocycles. The predicted octanol–water partition coefficient (Wildman–Crippen LogP) is 3.40. The van der Waals surface area contributed by atoms with Crippen molar-refractivity contribution in [3.63, 3.8) is 0 Å². The predicted molar refractivity (Wildman–Crippen MR) is 62.9 cm³/mol. The second-order valence-corrected chi connectivity index (χ2v) is 4.34. The van der Waals surface area contributed by atoms with Crippen molar-refractivity contribution < 1.29 is 9.84 Å². The van der Waals surface area contributed by atoms with Crippen LogP contribution in [0.15, 0.2) is 18.2 Å². The molecule has 0 radical (unpaired) electrons. The second-order valence-electron chi connectivity index (χ2n) is 3.25. The van der Waals surface area contributed by atoms with Crippen molar-refractivity contribution in [1.82, 2.24) is 0 Å². The van der Waals surface area contributed by atoms with E-state index in [1.807, 2.05) is 6.92 Å². The standard InChI is InChI=1S/C11H14Cl2O2/c1-3-15-10-5-4-8(6-9(10)13)11(14)7(2)12/h4-7,11,14H,3H2,1-2H3. The second kappa shape index (κ2) is 5.59. The van der Waals surface area contributed by atoms with Gasteiger partial charge in [-0.05, 0) is 31.5 Å². The van der Waals surface area contributed by atoms with E-state index in [0.29, 0.717) is 22.9 Å². The van der Waals surface area contributed by atoms with Gasteiger partial charge in [0.2, 0.25) is 0 Å². The van der Waals surface area contributed by atoms with Gasteiger partial charge in [0, 0.05) is 0 Å². The summed E-state index contributed by atoms with van der Waals surface area (Å²) in [6.45, 7) is 4.18. The summed E-state index contributed by atoms with van der Waals surface area (Å²) in [5.74, 6) is 0.623. The summed E-state index contributed by atoms with van der Waals surface area (Å²) >= 11 is 11.8. The smallest absolute Gasteiger partial charge is 0.137 e. The van der Waals surface area contributed by atoms with Gasteiger partial charge in [-0.15, -0.1) is 11.6 Å². The van der Waals surface area contributed by atoms with Crippen LogP contribution in [0.5, 0.6) is 5.75 Å². The average molecular weight is 249 g/mol. The lowest BCUT2D eigenvalue weighted by atomic mass is 10.1. The van der Waals surface area contributed by atoms with E-state index in [-0.39, 0.29) is 5.38 Å². The van der Waals surface area contributed by atoms with Gasteiger partial charge in [-0.1, -0.05) is 17.7 Å². The van der Waals surface area contributed by atoms with Crippen LogP contribution >= 0.6 is 23.2 Å². The molecule has 0 aliphatic rings. The van der Waals surface area contributed by atoms with Crippen LogP contribution < -0.4 is 4.74 Å². The lowest BCUT2D eigenvalue weighted by molar-refractivity contribution is 0.177. The Kier molecular flexibility index (Phi) is 4.71. The highest BCUT2D eigenvalue weighted by atomic mass is 35.5. The summed E-state index contributed by atoms with van der Waals surface area (Å²) in [5.41, 5.74) is 0.700. The average Bonchev–Trinajstić information content (AvgIpc) is 2.20. The third-order valence-electron chi connectivity index (χ3n) is 2.03. The molecule has 0 aromatic heterocycles. The van der Waals surface area contributed by atoms with E-state index in [9.17, 15) is 5.11 Å². The molecular formula is C11H14Cl2O2. The van der Waals surface area contributed by atoms with Crippen LogP contribution in [0.4, 0.5) is 0 Å². The number of alkyl halides is 1. The molecule has 1 rings (SSSR count). The number of aliphatic hydroxyl groups is 1. The van der Waals surface area contributed by atoms with Gasteiger partial charge in [-0.25, -0.2) is 0 Å². The molecule has 2 unspecified atom stereocenters. The number of rotatable bonds is 4. The van der Waals surface area contributed by atoms with Crippen LogP contribution in [0, 0.1) is 0 Å². The zero-order chi connectivity index (χ0) is 11.4. The van der Waals surface area contributed by atoms with Crippen molar-refractivity contribution in [3.05, 3.63) is 28.8 Å². The summed E-state index contributed by atoms with van der Waals surface area (Å²) in [5, 5.41) is 9.85. The topological polar surface area (TPSA) is 29.5 Å². The fourth-order valence-electron chi connectivity index (χ4n) is 1.24. The number of hydrogen-bond acceptors (Lipinski definition) is 2. The van der Waals surface area contributed by atoms with E-state index in [4.69, 9.17) is 27.9 Å². The first kappa shape index (κ1) is 12.6. The zero-order valence-electron chi connectivity index (χ0n) is 8.71. The van der Waals surface area contributed by atoms with Crippen molar-refractivity contribution in [2.75, 3.05) is 6.61 Å². The van der Waals surface area contributed by atoms with Crippen LogP contribution in [0.2, 0.25) is 5.02 Å². The molecule has 0 spiro atoms. The minimum Gasteiger partial charge on any atom is -0.492 e. The van der Waals surface area contributed by atoms with E-state index < -0.39 is 6.10 Å². The molecule has 1 aromatic carbocycles. The van der Waals surface area contributed by atoms with Crippen LogP contribution in [0.25, 0.3) is 0 Å². The maximum absolute atomic E-state index is 9.71. The fourth-order valence-corrected chi connectivity index (χ4v) is 1.63. The van der Waals surface area contributed by atoms with Crippen LogP contribution in [0.1, 0.15) is 25.5 Å². The van der Waals surface area contributed by atoms with E-state index in [1.165, 1.54) is 0 Å². The van der Waals surface area contributed by atoms with E-state index >= 15 is 0 Å². The molecular weight excluding hydrogens is 235 g/mol. The van der Waals surface area contributed by atoms with Gasteiger partial charge in [0.1, 0.15) is 5.75 Å². The van der Waals surface area contributed by atoms with Gasteiger partial charge in [0.05, 0.1) is 23.1 Å². The highest BCUT2D eigenvalue weighted by Gasteiger charge is 2.15. The quantitative estimate of drug-likeness (QED) is 0.828. The Labute approximate surface area is 99.8 Å². The molecule has 15 heavy (non-hydrogen) atoms. The summed E-state index contributed by atoms with van der Waals surface area (Å²) in [6.07, 6.45) is -0.708. The summed E-state index contributed by atoms with van der Waals surface area (Å²) in [6, 6.07) is 5.18. The van der Waals surface area contributed by atoms with Crippen LogP contribution in [-0.2, 0) is 0 Å². The molecule has 1 aromatic rings. The Morgan fingerprint density at radius 2 is 2.13 bits per heavy atom. The van der Waals surface area contributed by atoms with Crippen molar-refractivity contribution >= 4 is 23.2 Å². The minimum atomic E-state index is -0.708. The molecule has 1 N–H and O–H groups in total. The highest BCUT2D eigenvalue weighted by Crippen LogP contribution is 2.29. The number of halogens is 2. The van der Waals surface area contributed by atoms with Crippen molar-refractivity contribution in [2.45, 2.75) is 25.3 Å². The van der Waals surface area contributed by atoms with Crippen molar-refractivity contribution in [3.8, 4) is 5.75 Å². The Morgan fingerprint density at radius 1 is 1.47 bits per heavy atom. The molecule has 2 atom stereocenters. The molecule has 0 fully saturated rings. The molecule has 0 aliphatic heterocycles. The Bertz CT molecular complexity index is 326. The maximum Gasteiger partial charge on any atom is 0.137 e. The number of ether oxygens (including phenoxy) is 1. The summed E-state index contributed by atoms with van der Waals surface area (Å²) in [4.78, 5) is 0. The molecule has 0 bridgehead atoms. The monoisotopic (exact) mass is 248 g/mol. The molecule has 0 amide bonds. The van der Waals surface area contributed by atoms with Gasteiger partial charge in [-0.2, -0.15) is 0 Å². The lowest BCUT2D eigenvalue weighted by Crippen LogP contribution is -2.08. The third-order valence-corrected chi connectivity index (χ3v) is 2.57. The zero-order valence-corrected chi connectivity index (χ0v) is 10.2. The van der Waals surface area contributed by atoms with Gasteiger partial charge in [-0.3, -0.25) is 0 Å². The summed E-state index contributed by atoms with van der Waals surface area (Å²) < 4.78 is 5.29. The van der Waals surface area contributed by atoms with E-state index in [1.54, 1.807) is 25.1 Å². The number of benzene rings is 1. The normalized spacial score (nSPS) is 14.7. The van der Waals surface area contributed by atoms with Crippen molar-refractivity contribution in [1.29, 1.82) is 0 Å². The van der Waals surface area contributed by atoms with E-state index in [2.05, 4.69) is 0 Å². The molecule has 0 heterocycles. The SMILES string of the molecule is CCOc1ccc(C(O)C(C)Cl)cc1Cl. The van der Waals surface area contributed by atoms with Gasteiger partial charge in [0.15, 0.2) is 0 Å². The highest BCUT2D eigenvalue weighted by molar-refractivity contribution is 6.32. The number of hydrogen-bond donors (Lipinski definition) is 1. The van der Waals surface area contributed by atoms with Gasteiger partial charge >= 0.3 is 0 Å². The first-order valence-corrected chi connectivity index (χ1v) is 5.62. The van der Waals surface area contributed by atoms with Crippen LogP contribution in [0.3, 0.4) is 0 Å². The largest absolute Gasteiger partial charge is 0.492 e. The minimum absolute atomic E-state index is 0.348. The van der Waals surface area contributed by atoms with Gasteiger partial charge < -0.3 is 9.84 Å². The third kappa shape index (κ3) is 3.26. The fraction of sp³-hybridized carbons (Fsp3) is 0.455. The van der Waals surface area contributed by atoms with Crippen molar-refractivity contribution in [2.24, 2.45) is 0 Å². The van der Waals surface area contributed by atoms with Crippen LogP contribution in [-0.4, -0.2) is 17.1 Å².